The van der Waals surface area contributed by atoms with Crippen LogP contribution in [0.1, 0.15) is 0 Å². The van der Waals surface area contributed by atoms with E-state index in [1.165, 1.54) is 24.3 Å². The lowest BCUT2D eigenvalue weighted by Gasteiger charge is -2.12. The van der Waals surface area contributed by atoms with Crippen LogP contribution in [0.3, 0.4) is 0 Å². The summed E-state index contributed by atoms with van der Waals surface area (Å²) in [6.45, 7) is 0. The second-order valence-corrected chi connectivity index (χ2v) is 5.06. The minimum Gasteiger partial charge on any atom is -0.274 e. The Bertz CT molecular complexity index is 581. The topological polar surface area (TPSA) is 102 Å². The van der Waals surface area contributed by atoms with Crippen LogP contribution < -0.4 is 10.1 Å². The van der Waals surface area contributed by atoms with Crippen LogP contribution in [0.4, 0.5) is 11.9 Å². The fourth-order valence-electron chi connectivity index (χ4n) is 1.08. The zero-order valence-corrected chi connectivity index (χ0v) is 15.9. The highest BCUT2D eigenvalue weighted by molar-refractivity contribution is 6.31. The van der Waals surface area contributed by atoms with E-state index in [0.717, 1.165) is 0 Å². The normalized spacial score (nSPS) is 10.0. The van der Waals surface area contributed by atoms with Crippen LogP contribution >= 0.6 is 46.4 Å². The van der Waals surface area contributed by atoms with Crippen molar-refractivity contribution in [2.45, 2.75) is 0 Å². The summed E-state index contributed by atoms with van der Waals surface area (Å²) in [5, 5.41) is 2.78. The molecule has 0 aliphatic carbocycles. The lowest BCUT2D eigenvalue weighted by Crippen LogP contribution is -2.18. The van der Waals surface area contributed by atoms with E-state index in [-0.39, 0.29) is 33.0 Å². The molecule has 0 unspecified atom stereocenters. The van der Waals surface area contributed by atoms with Gasteiger partial charge in [-0.25, -0.2) is 10.1 Å². The fourth-order valence-corrected chi connectivity index (χ4v) is 1.79. The Hall–Kier alpha value is -1.30. The van der Waals surface area contributed by atoms with E-state index < -0.39 is 0 Å². The lowest BCUT2D eigenvalue weighted by molar-refractivity contribution is 0.179. The van der Waals surface area contributed by atoms with Gasteiger partial charge < -0.3 is 0 Å². The standard InChI is InChI=1S/2C5H6Cl2N4O/c2*1-11(12-2)5-9-3(6)8-4(7)10-5/h2*1-2H3. The van der Waals surface area contributed by atoms with E-state index in [2.05, 4.69) is 29.9 Å². The molecule has 0 amide bonds. The van der Waals surface area contributed by atoms with Crippen molar-refractivity contribution >= 4 is 58.3 Å². The Morgan fingerprint density at radius 2 is 0.833 bits per heavy atom. The van der Waals surface area contributed by atoms with Crippen LogP contribution in [0.25, 0.3) is 0 Å². The van der Waals surface area contributed by atoms with Gasteiger partial charge in [-0.2, -0.15) is 29.9 Å². The molecule has 132 valence electrons. The molecule has 2 aromatic heterocycles. The first-order valence-electron chi connectivity index (χ1n) is 5.96. The molecule has 2 rings (SSSR count). The van der Waals surface area contributed by atoms with Crippen molar-refractivity contribution in [1.82, 2.24) is 29.9 Å². The van der Waals surface area contributed by atoms with Crippen molar-refractivity contribution < 1.29 is 9.68 Å². The summed E-state index contributed by atoms with van der Waals surface area (Å²) in [7, 11) is 6.21. The van der Waals surface area contributed by atoms with Gasteiger partial charge in [0.2, 0.25) is 21.1 Å². The molecule has 24 heavy (non-hydrogen) atoms. The van der Waals surface area contributed by atoms with Gasteiger partial charge >= 0.3 is 0 Å². The summed E-state index contributed by atoms with van der Waals surface area (Å²) in [6.07, 6.45) is 0. The minimum absolute atomic E-state index is 0.0360. The predicted octanol–water partition coefficient (Wildman–Crippen LogP) is 2.35. The van der Waals surface area contributed by atoms with Gasteiger partial charge in [-0.3, -0.25) is 9.68 Å². The Morgan fingerprint density at radius 1 is 0.583 bits per heavy atom. The molecule has 0 N–H and O–H groups in total. The molecular weight excluding hydrogens is 406 g/mol. The van der Waals surface area contributed by atoms with Gasteiger partial charge in [0, 0.05) is 14.1 Å². The van der Waals surface area contributed by atoms with Gasteiger partial charge in [-0.05, 0) is 46.4 Å². The van der Waals surface area contributed by atoms with Crippen molar-refractivity contribution in [2.24, 2.45) is 0 Å². The van der Waals surface area contributed by atoms with Crippen LogP contribution in [-0.2, 0) is 9.68 Å². The smallest absolute Gasteiger partial charge is 0.255 e. The highest BCUT2D eigenvalue weighted by Gasteiger charge is 2.07. The van der Waals surface area contributed by atoms with Crippen molar-refractivity contribution in [2.75, 3.05) is 38.4 Å². The summed E-state index contributed by atoms with van der Waals surface area (Å²) in [6, 6.07) is 0. The van der Waals surface area contributed by atoms with Crippen molar-refractivity contribution in [3.63, 3.8) is 0 Å². The van der Waals surface area contributed by atoms with E-state index in [9.17, 15) is 0 Å². The van der Waals surface area contributed by atoms with E-state index in [1.807, 2.05) is 0 Å². The number of nitrogens with zero attached hydrogens (tertiary/aromatic N) is 8. The number of rotatable bonds is 4. The Balaban J connectivity index is 0.000000240. The number of hydroxylamine groups is 2. The van der Waals surface area contributed by atoms with Crippen LogP contribution in [0, 0.1) is 0 Å². The second kappa shape index (κ2) is 9.87. The molecule has 14 heteroatoms. The number of anilines is 2. The molecule has 10 nitrogen and oxygen atoms in total. The fraction of sp³-hybridized carbons (Fsp3) is 0.400. The first kappa shape index (κ1) is 20.7. The number of aromatic nitrogens is 6. The zero-order valence-electron chi connectivity index (χ0n) is 12.9. The van der Waals surface area contributed by atoms with Gasteiger partial charge in [0.05, 0.1) is 14.2 Å². The third-order valence-corrected chi connectivity index (χ3v) is 2.93. The molecule has 2 heterocycles. The van der Waals surface area contributed by atoms with E-state index in [4.69, 9.17) is 56.1 Å². The summed E-state index contributed by atoms with van der Waals surface area (Å²) in [5.74, 6) is 0.532. The summed E-state index contributed by atoms with van der Waals surface area (Å²) in [4.78, 5) is 31.8. The summed E-state index contributed by atoms with van der Waals surface area (Å²) < 4.78 is 0. The second-order valence-electron chi connectivity index (χ2n) is 3.71. The first-order chi connectivity index (χ1) is 11.3. The van der Waals surface area contributed by atoms with Gasteiger partial charge in [-0.15, -0.1) is 0 Å². The maximum absolute atomic E-state index is 5.52. The van der Waals surface area contributed by atoms with Gasteiger partial charge in [0.25, 0.3) is 11.9 Å². The molecule has 0 saturated carbocycles. The molecule has 2 aromatic rings. The Morgan fingerprint density at radius 3 is 1.04 bits per heavy atom. The van der Waals surface area contributed by atoms with Crippen LogP contribution in [0.5, 0.6) is 0 Å². The minimum atomic E-state index is 0.0360. The molecule has 0 saturated heterocycles. The SMILES string of the molecule is CON(C)c1nc(Cl)nc(Cl)n1.CON(C)c1nc(Cl)nc(Cl)n1. The molecular formula is C10H12Cl4N8O2. The Labute approximate surface area is 157 Å². The largest absolute Gasteiger partial charge is 0.274 e. The average Bonchev–Trinajstić information content (AvgIpc) is 2.52. The summed E-state index contributed by atoms with van der Waals surface area (Å²) >= 11 is 22.1. The molecule has 0 aromatic carbocycles. The third kappa shape index (κ3) is 6.67. The van der Waals surface area contributed by atoms with Crippen molar-refractivity contribution in [1.29, 1.82) is 0 Å². The van der Waals surface area contributed by atoms with Crippen molar-refractivity contribution in [3.05, 3.63) is 21.1 Å². The first-order valence-corrected chi connectivity index (χ1v) is 7.47. The highest BCUT2D eigenvalue weighted by atomic mass is 35.5. The number of hydrogen-bond donors (Lipinski definition) is 0. The van der Waals surface area contributed by atoms with E-state index in [0.29, 0.717) is 0 Å². The molecule has 0 atom stereocenters. The van der Waals surface area contributed by atoms with Gasteiger partial charge in [0.1, 0.15) is 0 Å². The van der Waals surface area contributed by atoms with Gasteiger partial charge in [0.15, 0.2) is 0 Å². The number of halogens is 4. The maximum atomic E-state index is 5.52. The third-order valence-electron chi connectivity index (χ3n) is 2.25. The van der Waals surface area contributed by atoms with Gasteiger partial charge in [-0.1, -0.05) is 0 Å². The monoisotopic (exact) mass is 416 g/mol. The quantitative estimate of drug-likeness (QED) is 0.688. The Kier molecular flexibility index (Phi) is 8.53. The average molecular weight is 418 g/mol. The van der Waals surface area contributed by atoms with E-state index in [1.54, 1.807) is 14.1 Å². The van der Waals surface area contributed by atoms with Crippen LogP contribution in [0.15, 0.2) is 0 Å². The molecule has 0 spiro atoms. The van der Waals surface area contributed by atoms with Crippen LogP contribution in [-0.4, -0.2) is 58.2 Å². The summed E-state index contributed by atoms with van der Waals surface area (Å²) in [5.41, 5.74) is 0. The molecule has 0 aliphatic rings. The highest BCUT2D eigenvalue weighted by Crippen LogP contribution is 2.12. The van der Waals surface area contributed by atoms with Crippen molar-refractivity contribution in [3.8, 4) is 0 Å². The van der Waals surface area contributed by atoms with Crippen LogP contribution in [0.2, 0.25) is 21.1 Å². The van der Waals surface area contributed by atoms with E-state index >= 15 is 0 Å². The lowest BCUT2D eigenvalue weighted by atomic mass is 10.9. The zero-order chi connectivity index (χ0) is 18.3. The predicted molar refractivity (Wildman–Crippen MR) is 90.5 cm³/mol. The number of hydrogen-bond acceptors (Lipinski definition) is 10. The molecule has 0 aliphatic heterocycles. The maximum Gasteiger partial charge on any atom is 0.255 e. The molecule has 0 radical (unpaired) electrons. The molecule has 0 fully saturated rings. The molecule has 0 bridgehead atoms.